The molecule has 23 heavy (non-hydrogen) atoms. The fourth-order valence-corrected chi connectivity index (χ4v) is 2.44. The van der Waals surface area contributed by atoms with E-state index in [1.54, 1.807) is 7.11 Å². The molecule has 0 aliphatic carbocycles. The van der Waals surface area contributed by atoms with Crippen molar-refractivity contribution in [3.8, 4) is 11.5 Å². The summed E-state index contributed by atoms with van der Waals surface area (Å²) in [5.41, 5.74) is 0.520. The van der Waals surface area contributed by atoms with Crippen LogP contribution in [-0.4, -0.2) is 25.4 Å². The van der Waals surface area contributed by atoms with E-state index in [0.29, 0.717) is 5.69 Å². The molecule has 0 aliphatic heterocycles. The van der Waals surface area contributed by atoms with Crippen LogP contribution in [0.4, 0.5) is 14.5 Å². The van der Waals surface area contributed by atoms with E-state index in [1.807, 2.05) is 24.3 Å². The number of alkyl halides is 2. The third kappa shape index (κ3) is 5.78. The highest BCUT2D eigenvalue weighted by atomic mass is 32.2. The molecule has 0 saturated carbocycles. The zero-order chi connectivity index (χ0) is 16.7. The maximum absolute atomic E-state index is 12.0. The van der Waals surface area contributed by atoms with Gasteiger partial charge < -0.3 is 14.8 Å². The SMILES string of the molecule is COc1ccc(SCC(=O)Nc2ccc(OC(F)F)cc2)cc1. The molecule has 2 aromatic carbocycles. The maximum Gasteiger partial charge on any atom is 0.387 e. The highest BCUT2D eigenvalue weighted by Gasteiger charge is 2.06. The van der Waals surface area contributed by atoms with Crippen molar-refractivity contribution in [1.29, 1.82) is 0 Å². The second kappa shape index (κ2) is 8.38. The van der Waals surface area contributed by atoms with Crippen molar-refractivity contribution >= 4 is 23.4 Å². The first kappa shape index (κ1) is 17.1. The molecule has 0 saturated heterocycles. The second-order valence-corrected chi connectivity index (χ2v) is 5.46. The first-order chi connectivity index (χ1) is 11.1. The molecule has 1 N–H and O–H groups in total. The summed E-state index contributed by atoms with van der Waals surface area (Å²) >= 11 is 1.39. The number of methoxy groups -OCH3 is 1. The summed E-state index contributed by atoms with van der Waals surface area (Å²) in [6, 6.07) is 13.1. The van der Waals surface area contributed by atoms with Gasteiger partial charge in [0.25, 0.3) is 0 Å². The Morgan fingerprint density at radius 2 is 1.70 bits per heavy atom. The van der Waals surface area contributed by atoms with Gasteiger partial charge in [-0.2, -0.15) is 8.78 Å². The molecule has 0 radical (unpaired) electrons. The minimum atomic E-state index is -2.86. The predicted octanol–water partition coefficient (Wildman–Crippen LogP) is 4.03. The molecule has 0 atom stereocenters. The van der Waals surface area contributed by atoms with Crippen molar-refractivity contribution in [2.45, 2.75) is 11.5 Å². The Kier molecular flexibility index (Phi) is 6.22. The van der Waals surface area contributed by atoms with Crippen LogP contribution in [-0.2, 0) is 4.79 Å². The van der Waals surface area contributed by atoms with Gasteiger partial charge in [0, 0.05) is 10.6 Å². The van der Waals surface area contributed by atoms with Crippen LogP contribution in [0.1, 0.15) is 0 Å². The number of carbonyl (C=O) groups excluding carboxylic acids is 1. The number of rotatable bonds is 7. The van der Waals surface area contributed by atoms with E-state index >= 15 is 0 Å². The van der Waals surface area contributed by atoms with Gasteiger partial charge >= 0.3 is 6.61 Å². The van der Waals surface area contributed by atoms with Crippen LogP contribution in [0.25, 0.3) is 0 Å². The Bertz CT molecular complexity index is 633. The van der Waals surface area contributed by atoms with Crippen molar-refractivity contribution in [1.82, 2.24) is 0 Å². The van der Waals surface area contributed by atoms with E-state index < -0.39 is 6.61 Å². The largest absolute Gasteiger partial charge is 0.497 e. The van der Waals surface area contributed by atoms with Gasteiger partial charge in [0.05, 0.1) is 12.9 Å². The summed E-state index contributed by atoms with van der Waals surface area (Å²) in [4.78, 5) is 12.8. The quantitative estimate of drug-likeness (QED) is 0.774. The third-order valence-electron chi connectivity index (χ3n) is 2.79. The smallest absolute Gasteiger partial charge is 0.387 e. The topological polar surface area (TPSA) is 47.6 Å². The summed E-state index contributed by atoms with van der Waals surface area (Å²) in [5, 5.41) is 2.69. The summed E-state index contributed by atoms with van der Waals surface area (Å²) in [6.45, 7) is -2.86. The highest BCUT2D eigenvalue weighted by molar-refractivity contribution is 8.00. The molecule has 0 aliphatic rings. The summed E-state index contributed by atoms with van der Waals surface area (Å²) in [6.07, 6.45) is 0. The number of halogens is 2. The van der Waals surface area contributed by atoms with Crippen LogP contribution in [0.5, 0.6) is 11.5 Å². The molecule has 0 unspecified atom stereocenters. The Morgan fingerprint density at radius 3 is 2.26 bits per heavy atom. The van der Waals surface area contributed by atoms with Gasteiger partial charge in [-0.25, -0.2) is 0 Å². The molecular weight excluding hydrogens is 324 g/mol. The molecule has 122 valence electrons. The van der Waals surface area contributed by atoms with Crippen molar-refractivity contribution in [2.75, 3.05) is 18.2 Å². The number of ether oxygens (including phenoxy) is 2. The molecule has 7 heteroatoms. The fraction of sp³-hybridized carbons (Fsp3) is 0.188. The van der Waals surface area contributed by atoms with E-state index in [-0.39, 0.29) is 17.4 Å². The van der Waals surface area contributed by atoms with Crippen LogP contribution in [0.3, 0.4) is 0 Å². The molecule has 0 bridgehead atoms. The van der Waals surface area contributed by atoms with Crippen molar-refractivity contribution < 1.29 is 23.0 Å². The van der Waals surface area contributed by atoms with Gasteiger partial charge in [0.1, 0.15) is 11.5 Å². The van der Waals surface area contributed by atoms with E-state index in [0.717, 1.165) is 10.6 Å². The Labute approximate surface area is 136 Å². The van der Waals surface area contributed by atoms with Gasteiger partial charge in [-0.15, -0.1) is 11.8 Å². The van der Waals surface area contributed by atoms with E-state index in [1.165, 1.54) is 36.0 Å². The minimum Gasteiger partial charge on any atom is -0.497 e. The van der Waals surface area contributed by atoms with Crippen molar-refractivity contribution in [2.24, 2.45) is 0 Å². The number of nitrogens with one attached hydrogen (secondary N) is 1. The maximum atomic E-state index is 12.0. The lowest BCUT2D eigenvalue weighted by Crippen LogP contribution is -2.13. The lowest BCUT2D eigenvalue weighted by atomic mass is 10.3. The zero-order valence-electron chi connectivity index (χ0n) is 12.3. The number of carbonyl (C=O) groups is 1. The first-order valence-electron chi connectivity index (χ1n) is 6.68. The molecule has 2 rings (SSSR count). The van der Waals surface area contributed by atoms with Gasteiger partial charge in [-0.3, -0.25) is 4.79 Å². The Balaban J connectivity index is 1.81. The molecule has 0 spiro atoms. The lowest BCUT2D eigenvalue weighted by Gasteiger charge is -2.08. The lowest BCUT2D eigenvalue weighted by molar-refractivity contribution is -0.113. The Hall–Kier alpha value is -2.28. The number of anilines is 1. The van der Waals surface area contributed by atoms with Gasteiger partial charge in [0.2, 0.25) is 5.91 Å². The highest BCUT2D eigenvalue weighted by Crippen LogP contribution is 2.22. The predicted molar refractivity (Wildman–Crippen MR) is 85.4 cm³/mol. The fourth-order valence-electron chi connectivity index (χ4n) is 1.74. The monoisotopic (exact) mass is 339 g/mol. The van der Waals surface area contributed by atoms with Crippen molar-refractivity contribution in [3.05, 3.63) is 48.5 Å². The summed E-state index contributed by atoms with van der Waals surface area (Å²) in [5.74, 6) is 0.852. The number of amides is 1. The normalized spacial score (nSPS) is 10.4. The summed E-state index contributed by atoms with van der Waals surface area (Å²) in [7, 11) is 1.59. The van der Waals surface area contributed by atoms with Crippen LogP contribution in [0.2, 0.25) is 0 Å². The minimum absolute atomic E-state index is 0.0469. The van der Waals surface area contributed by atoms with Gasteiger partial charge in [-0.1, -0.05) is 0 Å². The average Bonchev–Trinajstić information content (AvgIpc) is 2.55. The number of thioether (sulfide) groups is 1. The van der Waals surface area contributed by atoms with E-state index in [2.05, 4.69) is 10.1 Å². The van der Waals surface area contributed by atoms with Crippen LogP contribution < -0.4 is 14.8 Å². The van der Waals surface area contributed by atoms with Crippen LogP contribution in [0.15, 0.2) is 53.4 Å². The molecular formula is C16H15F2NO3S. The number of benzene rings is 2. The molecule has 0 fully saturated rings. The number of hydrogen-bond acceptors (Lipinski definition) is 4. The second-order valence-electron chi connectivity index (χ2n) is 4.42. The third-order valence-corrected chi connectivity index (χ3v) is 3.80. The van der Waals surface area contributed by atoms with Gasteiger partial charge in [-0.05, 0) is 48.5 Å². The molecule has 1 amide bonds. The molecule has 2 aromatic rings. The Morgan fingerprint density at radius 1 is 1.09 bits per heavy atom. The van der Waals surface area contributed by atoms with E-state index in [9.17, 15) is 13.6 Å². The molecule has 0 heterocycles. The van der Waals surface area contributed by atoms with E-state index in [4.69, 9.17) is 4.74 Å². The molecule has 4 nitrogen and oxygen atoms in total. The van der Waals surface area contributed by atoms with Crippen molar-refractivity contribution in [3.63, 3.8) is 0 Å². The van der Waals surface area contributed by atoms with Crippen LogP contribution in [0, 0.1) is 0 Å². The molecule has 0 aromatic heterocycles. The number of hydrogen-bond donors (Lipinski definition) is 1. The van der Waals surface area contributed by atoms with Crippen LogP contribution >= 0.6 is 11.8 Å². The average molecular weight is 339 g/mol. The first-order valence-corrected chi connectivity index (χ1v) is 7.67. The zero-order valence-corrected chi connectivity index (χ0v) is 13.1. The van der Waals surface area contributed by atoms with Gasteiger partial charge in [0.15, 0.2) is 0 Å². The summed E-state index contributed by atoms with van der Waals surface area (Å²) < 4.78 is 33.4. The standard InChI is InChI=1S/C16H15F2NO3S/c1-21-12-6-8-14(9-7-12)23-10-15(20)19-11-2-4-13(5-3-11)22-16(17)18/h2-9,16H,10H2,1H3,(H,19,20).